The molecule has 1 aromatic rings. The molecule has 1 atom stereocenters. The molecule has 1 aliphatic heterocycles. The molecule has 0 saturated carbocycles. The lowest BCUT2D eigenvalue weighted by molar-refractivity contribution is -0.132. The largest absolute Gasteiger partial charge is 0.341 e. The summed E-state index contributed by atoms with van der Waals surface area (Å²) in [5.41, 5.74) is 2.50. The van der Waals surface area contributed by atoms with Crippen LogP contribution in [0.3, 0.4) is 0 Å². The number of carbonyl (C=O) groups excluding carboxylic acids is 1. The fraction of sp³-hybridized carbons (Fsp3) is 0.588. The van der Waals surface area contributed by atoms with Gasteiger partial charge in [-0.05, 0) is 30.4 Å². The Morgan fingerprint density at radius 1 is 1.15 bits per heavy atom. The molecule has 1 aliphatic rings. The molecule has 1 fully saturated rings. The Morgan fingerprint density at radius 2 is 1.75 bits per heavy atom. The zero-order chi connectivity index (χ0) is 14.5. The van der Waals surface area contributed by atoms with Crippen LogP contribution in [0.1, 0.15) is 37.8 Å². The van der Waals surface area contributed by atoms with Gasteiger partial charge in [0.2, 0.25) is 5.91 Å². The number of nitrogens with zero attached hydrogens (tertiary/aromatic N) is 1. The van der Waals surface area contributed by atoms with Gasteiger partial charge in [-0.15, -0.1) is 0 Å². The Kier molecular flexibility index (Phi) is 5.53. The lowest BCUT2D eigenvalue weighted by Crippen LogP contribution is -2.40. The topological polar surface area (TPSA) is 20.3 Å². The third kappa shape index (κ3) is 4.02. The molecule has 0 radical (unpaired) electrons. The van der Waals surface area contributed by atoms with Crippen LogP contribution in [-0.4, -0.2) is 35.4 Å². The predicted octanol–water partition coefficient (Wildman–Crippen LogP) is 3.56. The molecule has 0 aliphatic carbocycles. The highest BCUT2D eigenvalue weighted by Gasteiger charge is 2.23. The van der Waals surface area contributed by atoms with Crippen molar-refractivity contribution in [3.8, 4) is 0 Å². The summed E-state index contributed by atoms with van der Waals surface area (Å²) < 4.78 is 0. The van der Waals surface area contributed by atoms with Crippen LogP contribution < -0.4 is 0 Å². The van der Waals surface area contributed by atoms with Crippen molar-refractivity contribution in [3.63, 3.8) is 0 Å². The standard InChI is InChI=1S/C17H25NOS/c1-13(2)12-15-4-6-16(7-5-15)14(3)17(19)18-8-10-20-11-9-18/h4-7,13-14H,8-12H2,1-3H3. The number of carbonyl (C=O) groups is 1. The second-order valence-electron chi connectivity index (χ2n) is 6.00. The first-order valence-electron chi connectivity index (χ1n) is 7.53. The van der Waals surface area contributed by atoms with Crippen LogP contribution in [0.2, 0.25) is 0 Å². The second kappa shape index (κ2) is 7.16. The van der Waals surface area contributed by atoms with Gasteiger partial charge in [0.15, 0.2) is 0 Å². The van der Waals surface area contributed by atoms with Crippen LogP contribution in [0.25, 0.3) is 0 Å². The summed E-state index contributed by atoms with van der Waals surface area (Å²) in [6, 6.07) is 8.59. The van der Waals surface area contributed by atoms with Gasteiger partial charge in [-0.3, -0.25) is 4.79 Å². The molecule has 1 heterocycles. The zero-order valence-corrected chi connectivity index (χ0v) is 13.6. The molecule has 0 aromatic heterocycles. The maximum absolute atomic E-state index is 12.5. The minimum Gasteiger partial charge on any atom is -0.341 e. The molecule has 20 heavy (non-hydrogen) atoms. The molecule has 110 valence electrons. The van der Waals surface area contributed by atoms with E-state index in [9.17, 15) is 4.79 Å². The minimum absolute atomic E-state index is 0.0220. The Balaban J connectivity index is 2.00. The molecule has 2 nitrogen and oxygen atoms in total. The van der Waals surface area contributed by atoms with E-state index in [0.29, 0.717) is 5.92 Å². The monoisotopic (exact) mass is 291 g/mol. The van der Waals surface area contributed by atoms with E-state index in [4.69, 9.17) is 0 Å². The summed E-state index contributed by atoms with van der Waals surface area (Å²) in [7, 11) is 0. The van der Waals surface area contributed by atoms with E-state index in [1.54, 1.807) is 0 Å². The number of hydrogen-bond donors (Lipinski definition) is 0. The number of thioether (sulfide) groups is 1. The molecular weight excluding hydrogens is 266 g/mol. The van der Waals surface area contributed by atoms with Crippen LogP contribution in [0.5, 0.6) is 0 Å². The smallest absolute Gasteiger partial charge is 0.229 e. The van der Waals surface area contributed by atoms with Gasteiger partial charge in [0.25, 0.3) is 0 Å². The van der Waals surface area contributed by atoms with E-state index >= 15 is 0 Å². The van der Waals surface area contributed by atoms with Crippen molar-refractivity contribution in [2.24, 2.45) is 5.92 Å². The van der Waals surface area contributed by atoms with Gasteiger partial charge in [-0.1, -0.05) is 38.1 Å². The van der Waals surface area contributed by atoms with Gasteiger partial charge in [-0.25, -0.2) is 0 Å². The molecule has 1 saturated heterocycles. The molecule has 3 heteroatoms. The molecule has 0 bridgehead atoms. The molecule has 2 rings (SSSR count). The Bertz CT molecular complexity index is 435. The first-order chi connectivity index (χ1) is 9.58. The molecule has 0 N–H and O–H groups in total. The van der Waals surface area contributed by atoms with Gasteiger partial charge in [0.05, 0.1) is 5.92 Å². The van der Waals surface area contributed by atoms with Crippen LogP contribution in [0.4, 0.5) is 0 Å². The van der Waals surface area contributed by atoms with Crippen molar-refractivity contribution < 1.29 is 4.79 Å². The third-order valence-electron chi connectivity index (χ3n) is 3.82. The van der Waals surface area contributed by atoms with Gasteiger partial charge in [0, 0.05) is 24.6 Å². The average Bonchev–Trinajstić information content (AvgIpc) is 2.47. The highest BCUT2D eigenvalue weighted by atomic mass is 32.2. The second-order valence-corrected chi connectivity index (χ2v) is 7.22. The lowest BCUT2D eigenvalue weighted by atomic mass is 9.96. The van der Waals surface area contributed by atoms with Crippen molar-refractivity contribution in [2.75, 3.05) is 24.6 Å². The number of hydrogen-bond acceptors (Lipinski definition) is 2. The first-order valence-corrected chi connectivity index (χ1v) is 8.68. The highest BCUT2D eigenvalue weighted by molar-refractivity contribution is 7.99. The summed E-state index contributed by atoms with van der Waals surface area (Å²) in [5, 5.41) is 0. The SMILES string of the molecule is CC(C)Cc1ccc(C(C)C(=O)N2CCSCC2)cc1. The van der Waals surface area contributed by atoms with E-state index in [-0.39, 0.29) is 11.8 Å². The van der Waals surface area contributed by atoms with E-state index in [2.05, 4.69) is 38.1 Å². The van der Waals surface area contributed by atoms with E-state index in [0.717, 1.165) is 36.6 Å². The Labute approximate surface area is 126 Å². The molecule has 1 aromatic carbocycles. The average molecular weight is 291 g/mol. The van der Waals surface area contributed by atoms with E-state index in [1.165, 1.54) is 5.56 Å². The van der Waals surface area contributed by atoms with Crippen molar-refractivity contribution >= 4 is 17.7 Å². The van der Waals surface area contributed by atoms with E-state index in [1.807, 2.05) is 23.6 Å². The normalized spacial score (nSPS) is 17.3. The van der Waals surface area contributed by atoms with Gasteiger partial charge >= 0.3 is 0 Å². The van der Waals surface area contributed by atoms with Gasteiger partial charge in [-0.2, -0.15) is 11.8 Å². The number of rotatable bonds is 4. The summed E-state index contributed by atoms with van der Waals surface area (Å²) in [4.78, 5) is 14.5. The maximum atomic E-state index is 12.5. The highest BCUT2D eigenvalue weighted by Crippen LogP contribution is 2.21. The summed E-state index contributed by atoms with van der Waals surface area (Å²) in [5.74, 6) is 3.08. The first kappa shape index (κ1) is 15.4. The maximum Gasteiger partial charge on any atom is 0.229 e. The fourth-order valence-corrected chi connectivity index (χ4v) is 3.52. The summed E-state index contributed by atoms with van der Waals surface area (Å²) in [6.07, 6.45) is 1.10. The minimum atomic E-state index is -0.0220. The third-order valence-corrected chi connectivity index (χ3v) is 4.76. The predicted molar refractivity (Wildman–Crippen MR) is 87.3 cm³/mol. The number of benzene rings is 1. The Morgan fingerprint density at radius 3 is 2.30 bits per heavy atom. The molecule has 0 spiro atoms. The quantitative estimate of drug-likeness (QED) is 0.845. The van der Waals surface area contributed by atoms with Crippen molar-refractivity contribution in [3.05, 3.63) is 35.4 Å². The summed E-state index contributed by atoms with van der Waals surface area (Å²) >= 11 is 1.94. The van der Waals surface area contributed by atoms with Crippen molar-refractivity contribution in [1.29, 1.82) is 0 Å². The van der Waals surface area contributed by atoms with Crippen molar-refractivity contribution in [1.82, 2.24) is 4.90 Å². The van der Waals surface area contributed by atoms with Crippen LogP contribution in [0, 0.1) is 5.92 Å². The number of amides is 1. The van der Waals surface area contributed by atoms with Crippen LogP contribution >= 0.6 is 11.8 Å². The Hall–Kier alpha value is -0.960. The van der Waals surface area contributed by atoms with Crippen LogP contribution in [-0.2, 0) is 11.2 Å². The van der Waals surface area contributed by atoms with Crippen molar-refractivity contribution in [2.45, 2.75) is 33.1 Å². The van der Waals surface area contributed by atoms with E-state index < -0.39 is 0 Å². The fourth-order valence-electron chi connectivity index (χ4n) is 2.61. The molecule has 1 amide bonds. The van der Waals surface area contributed by atoms with Gasteiger partial charge in [0.1, 0.15) is 0 Å². The van der Waals surface area contributed by atoms with Crippen LogP contribution in [0.15, 0.2) is 24.3 Å². The summed E-state index contributed by atoms with van der Waals surface area (Å²) in [6.45, 7) is 8.29. The lowest BCUT2D eigenvalue weighted by Gasteiger charge is -2.29. The zero-order valence-electron chi connectivity index (χ0n) is 12.8. The van der Waals surface area contributed by atoms with Gasteiger partial charge < -0.3 is 4.90 Å². The molecular formula is C17H25NOS. The molecule has 1 unspecified atom stereocenters.